The molecule has 1 unspecified atom stereocenters. The molecule has 0 amide bonds. The van der Waals surface area contributed by atoms with E-state index in [2.05, 4.69) is 50.5 Å². The molecule has 1 aliphatic carbocycles. The van der Waals surface area contributed by atoms with Crippen LogP contribution in [0.15, 0.2) is 24.3 Å². The van der Waals surface area contributed by atoms with Gasteiger partial charge in [-0.25, -0.2) is 0 Å². The van der Waals surface area contributed by atoms with Crippen LogP contribution in [0.25, 0.3) is 0 Å². The minimum absolute atomic E-state index is 0.500. The summed E-state index contributed by atoms with van der Waals surface area (Å²) in [6.45, 7) is 4.58. The number of hydrogen-bond donors (Lipinski definition) is 1. The van der Waals surface area contributed by atoms with Crippen molar-refractivity contribution >= 4 is 0 Å². The minimum atomic E-state index is 0.500. The summed E-state index contributed by atoms with van der Waals surface area (Å²) >= 11 is 0. The molecule has 1 nitrogen and oxygen atoms in total. The lowest BCUT2D eigenvalue weighted by Gasteiger charge is -2.23. The minimum Gasteiger partial charge on any atom is -0.313 e. The zero-order valence-corrected chi connectivity index (χ0v) is 12.8. The summed E-state index contributed by atoms with van der Waals surface area (Å²) in [6, 6.07) is 9.92. The van der Waals surface area contributed by atoms with Crippen LogP contribution in [0, 0.1) is 5.92 Å². The quantitative estimate of drug-likeness (QED) is 0.781. The Hall–Kier alpha value is -0.820. The Morgan fingerprint density at radius 3 is 2.21 bits per heavy atom. The van der Waals surface area contributed by atoms with E-state index in [4.69, 9.17) is 0 Å². The van der Waals surface area contributed by atoms with Gasteiger partial charge in [0.25, 0.3) is 0 Å². The largest absolute Gasteiger partial charge is 0.313 e. The van der Waals surface area contributed by atoms with E-state index < -0.39 is 0 Å². The maximum atomic E-state index is 3.45. The van der Waals surface area contributed by atoms with E-state index in [1.807, 2.05) is 0 Å². The average molecular weight is 259 g/mol. The first-order chi connectivity index (χ1) is 9.20. The first-order valence-electron chi connectivity index (χ1n) is 7.98. The summed E-state index contributed by atoms with van der Waals surface area (Å²) in [7, 11) is 2.07. The molecule has 2 rings (SSSR count). The monoisotopic (exact) mass is 259 g/mol. The normalized spacial score (nSPS) is 18.7. The molecule has 1 aliphatic rings. The van der Waals surface area contributed by atoms with Gasteiger partial charge in [0, 0.05) is 6.04 Å². The molecule has 0 saturated heterocycles. The molecular weight excluding hydrogens is 230 g/mol. The highest BCUT2D eigenvalue weighted by molar-refractivity contribution is 5.27. The second-order valence-corrected chi connectivity index (χ2v) is 6.47. The van der Waals surface area contributed by atoms with Crippen molar-refractivity contribution in [2.75, 3.05) is 7.05 Å². The van der Waals surface area contributed by atoms with E-state index in [-0.39, 0.29) is 0 Å². The first kappa shape index (κ1) is 14.6. The molecule has 0 heterocycles. The van der Waals surface area contributed by atoms with Crippen molar-refractivity contribution in [2.45, 2.75) is 64.3 Å². The molecule has 0 aromatic heterocycles. The molecule has 1 N–H and O–H groups in total. The van der Waals surface area contributed by atoms with Crippen LogP contribution in [0.1, 0.15) is 75.5 Å². The maximum absolute atomic E-state index is 3.45. The molecule has 0 spiro atoms. The number of hydrogen-bond acceptors (Lipinski definition) is 1. The third-order valence-electron chi connectivity index (χ3n) is 4.47. The Morgan fingerprint density at radius 2 is 1.68 bits per heavy atom. The molecule has 106 valence electrons. The predicted octanol–water partition coefficient (Wildman–Crippen LogP) is 5.04. The molecule has 19 heavy (non-hydrogen) atoms. The lowest BCUT2D eigenvalue weighted by molar-refractivity contribution is 0.442. The summed E-state index contributed by atoms with van der Waals surface area (Å²) in [5, 5.41) is 3.45. The van der Waals surface area contributed by atoms with Gasteiger partial charge in [-0.3, -0.25) is 0 Å². The molecule has 1 fully saturated rings. The van der Waals surface area contributed by atoms with Gasteiger partial charge in [0.1, 0.15) is 0 Å². The van der Waals surface area contributed by atoms with Crippen molar-refractivity contribution in [2.24, 2.45) is 5.92 Å². The summed E-state index contributed by atoms with van der Waals surface area (Å²) in [5.41, 5.74) is 3.00. The van der Waals surface area contributed by atoms with Crippen molar-refractivity contribution in [1.82, 2.24) is 5.32 Å². The maximum Gasteiger partial charge on any atom is 0.0319 e. The third-order valence-corrected chi connectivity index (χ3v) is 4.47. The van der Waals surface area contributed by atoms with Crippen LogP contribution >= 0.6 is 0 Å². The molecule has 1 heteroatoms. The molecule has 1 saturated carbocycles. The van der Waals surface area contributed by atoms with Crippen LogP contribution in [-0.2, 0) is 0 Å². The molecule has 0 bridgehead atoms. The fraction of sp³-hybridized carbons (Fsp3) is 0.667. The highest BCUT2D eigenvalue weighted by Crippen LogP contribution is 2.33. The fourth-order valence-electron chi connectivity index (χ4n) is 3.33. The number of benzene rings is 1. The summed E-state index contributed by atoms with van der Waals surface area (Å²) in [5.74, 6) is 1.55. The Kier molecular flexibility index (Phi) is 5.45. The average Bonchev–Trinajstić information content (AvgIpc) is 2.46. The molecular formula is C18H29N. The molecule has 1 aromatic rings. The van der Waals surface area contributed by atoms with E-state index in [0.29, 0.717) is 6.04 Å². The predicted molar refractivity (Wildman–Crippen MR) is 83.5 cm³/mol. The summed E-state index contributed by atoms with van der Waals surface area (Å²) < 4.78 is 0. The molecule has 1 atom stereocenters. The summed E-state index contributed by atoms with van der Waals surface area (Å²) in [4.78, 5) is 0. The number of nitrogens with one attached hydrogen (secondary N) is 1. The van der Waals surface area contributed by atoms with Gasteiger partial charge in [0.05, 0.1) is 0 Å². The van der Waals surface area contributed by atoms with E-state index in [1.54, 1.807) is 5.56 Å². The first-order valence-corrected chi connectivity index (χ1v) is 7.98. The van der Waals surface area contributed by atoms with E-state index in [0.717, 1.165) is 11.8 Å². The smallest absolute Gasteiger partial charge is 0.0319 e. The molecule has 0 aliphatic heterocycles. The highest BCUT2D eigenvalue weighted by Gasteiger charge is 2.16. The van der Waals surface area contributed by atoms with Gasteiger partial charge in [-0.1, -0.05) is 57.4 Å². The van der Waals surface area contributed by atoms with Crippen molar-refractivity contribution < 1.29 is 0 Å². The zero-order chi connectivity index (χ0) is 13.7. The van der Waals surface area contributed by atoms with E-state index >= 15 is 0 Å². The Labute approximate surface area is 118 Å². The Balaban J connectivity index is 2.03. The van der Waals surface area contributed by atoms with Crippen LogP contribution in [-0.4, -0.2) is 7.05 Å². The topological polar surface area (TPSA) is 12.0 Å². The van der Waals surface area contributed by atoms with Crippen molar-refractivity contribution in [1.29, 1.82) is 0 Å². The van der Waals surface area contributed by atoms with E-state index in [1.165, 1.54) is 44.1 Å². The van der Waals surface area contributed by atoms with Crippen LogP contribution in [0.3, 0.4) is 0 Å². The Bertz CT molecular complexity index is 360. The third kappa shape index (κ3) is 4.07. The fourth-order valence-corrected chi connectivity index (χ4v) is 3.33. The van der Waals surface area contributed by atoms with Gasteiger partial charge in [0.2, 0.25) is 0 Å². The van der Waals surface area contributed by atoms with Crippen LogP contribution in [0.4, 0.5) is 0 Å². The van der Waals surface area contributed by atoms with Crippen LogP contribution < -0.4 is 5.32 Å². The van der Waals surface area contributed by atoms with Crippen molar-refractivity contribution in [3.05, 3.63) is 35.4 Å². The highest BCUT2D eigenvalue weighted by atomic mass is 14.9. The van der Waals surface area contributed by atoms with Crippen molar-refractivity contribution in [3.8, 4) is 0 Å². The molecule has 0 radical (unpaired) electrons. The molecule has 1 aromatic carbocycles. The van der Waals surface area contributed by atoms with Crippen LogP contribution in [0.2, 0.25) is 0 Å². The van der Waals surface area contributed by atoms with Crippen LogP contribution in [0.5, 0.6) is 0 Å². The van der Waals surface area contributed by atoms with Gasteiger partial charge in [-0.15, -0.1) is 0 Å². The SMILES string of the molecule is CNC(CC(C)C)c1ccc(C2CCCCC2)cc1. The van der Waals surface area contributed by atoms with Gasteiger partial charge < -0.3 is 5.32 Å². The summed E-state index contributed by atoms with van der Waals surface area (Å²) in [6.07, 6.45) is 8.25. The second-order valence-electron chi connectivity index (χ2n) is 6.47. The standard InChI is InChI=1S/C18H29N/c1-14(2)13-18(19-3)17-11-9-16(10-12-17)15-7-5-4-6-8-15/h9-12,14-15,18-19H,4-8,13H2,1-3H3. The lowest BCUT2D eigenvalue weighted by atomic mass is 9.83. The lowest BCUT2D eigenvalue weighted by Crippen LogP contribution is -2.18. The zero-order valence-electron chi connectivity index (χ0n) is 12.8. The van der Waals surface area contributed by atoms with Gasteiger partial charge in [0.15, 0.2) is 0 Å². The van der Waals surface area contributed by atoms with Crippen molar-refractivity contribution in [3.63, 3.8) is 0 Å². The second kappa shape index (κ2) is 7.09. The van der Waals surface area contributed by atoms with Gasteiger partial charge in [-0.2, -0.15) is 0 Å². The van der Waals surface area contributed by atoms with Gasteiger partial charge >= 0.3 is 0 Å². The number of rotatable bonds is 5. The van der Waals surface area contributed by atoms with Gasteiger partial charge in [-0.05, 0) is 49.3 Å². The van der Waals surface area contributed by atoms with E-state index in [9.17, 15) is 0 Å². The Morgan fingerprint density at radius 1 is 1.05 bits per heavy atom.